The minimum absolute atomic E-state index is 0.0466. The van der Waals surface area contributed by atoms with Gasteiger partial charge in [0.15, 0.2) is 0 Å². The molecule has 0 unspecified atom stereocenters. The molecule has 0 spiro atoms. The van der Waals surface area contributed by atoms with Gasteiger partial charge in [0.05, 0.1) is 20.3 Å². The molecule has 4 aromatic rings. The third-order valence-corrected chi connectivity index (χ3v) is 5.85. The monoisotopic (exact) mass is 474 g/mol. The number of aliphatic hydroxyl groups excluding tert-OH is 2. The van der Waals surface area contributed by atoms with Crippen LogP contribution in [0.4, 0.5) is 0 Å². The van der Waals surface area contributed by atoms with Gasteiger partial charge in [0.2, 0.25) is 0 Å². The smallest absolute Gasteiger partial charge is 0.118 e. The molecule has 0 saturated carbocycles. The van der Waals surface area contributed by atoms with Crippen molar-refractivity contribution < 1.29 is 14.9 Å². The van der Waals surface area contributed by atoms with Crippen molar-refractivity contribution in [2.24, 2.45) is 0 Å². The molecule has 0 heterocycles. The number of aliphatic hydroxyl groups is 2. The second kappa shape index (κ2) is 12.5. The highest BCUT2D eigenvalue weighted by molar-refractivity contribution is 5.78. The van der Waals surface area contributed by atoms with Gasteiger partial charge in [-0.3, -0.25) is 0 Å². The van der Waals surface area contributed by atoms with Crippen LogP contribution in [0.3, 0.4) is 0 Å². The van der Waals surface area contributed by atoms with Gasteiger partial charge in [0.25, 0.3) is 0 Å². The first-order valence-electron chi connectivity index (χ1n) is 11.9. The van der Waals surface area contributed by atoms with E-state index in [1.54, 1.807) is 7.11 Å². The Morgan fingerprint density at radius 1 is 0.472 bits per heavy atom. The zero-order valence-corrected chi connectivity index (χ0v) is 20.3. The van der Waals surface area contributed by atoms with Gasteiger partial charge in [0, 0.05) is 0 Å². The van der Waals surface area contributed by atoms with Crippen LogP contribution in [0, 0.1) is 0 Å². The van der Waals surface area contributed by atoms with Gasteiger partial charge in [-0.05, 0) is 74.8 Å². The maximum absolute atomic E-state index is 9.27. The normalized spacial score (nSPS) is 11.6. The molecule has 3 nitrogen and oxygen atoms in total. The quantitative estimate of drug-likeness (QED) is 0.252. The SMILES string of the molecule is COc1ccc(/C=C/c2cc(/C=C/c3ccc(CO)cc3)cc(/C=C/c3ccc(CO)cc3)c2)cc1. The summed E-state index contributed by atoms with van der Waals surface area (Å²) in [5.41, 5.74) is 8.33. The van der Waals surface area contributed by atoms with Gasteiger partial charge in [-0.1, -0.05) is 97.1 Å². The summed E-state index contributed by atoms with van der Waals surface area (Å²) in [7, 11) is 1.67. The van der Waals surface area contributed by atoms with Crippen molar-refractivity contribution in [2.45, 2.75) is 13.2 Å². The molecule has 0 radical (unpaired) electrons. The fraction of sp³-hybridized carbons (Fsp3) is 0.0909. The summed E-state index contributed by atoms with van der Waals surface area (Å²) in [5, 5.41) is 18.5. The lowest BCUT2D eigenvalue weighted by atomic mass is 10.0. The number of hydrogen-bond acceptors (Lipinski definition) is 3. The van der Waals surface area contributed by atoms with E-state index in [0.29, 0.717) is 0 Å². The highest BCUT2D eigenvalue weighted by Crippen LogP contribution is 2.20. The maximum atomic E-state index is 9.27. The van der Waals surface area contributed by atoms with Crippen molar-refractivity contribution in [1.29, 1.82) is 0 Å². The fourth-order valence-electron chi connectivity index (χ4n) is 3.75. The van der Waals surface area contributed by atoms with Gasteiger partial charge < -0.3 is 14.9 Å². The van der Waals surface area contributed by atoms with Crippen molar-refractivity contribution >= 4 is 36.5 Å². The molecular formula is C33H30O3. The van der Waals surface area contributed by atoms with Crippen molar-refractivity contribution in [3.8, 4) is 5.75 Å². The van der Waals surface area contributed by atoms with Gasteiger partial charge in [-0.15, -0.1) is 0 Å². The van der Waals surface area contributed by atoms with Gasteiger partial charge in [-0.25, -0.2) is 0 Å². The first-order chi connectivity index (χ1) is 17.6. The third kappa shape index (κ3) is 7.16. The van der Waals surface area contributed by atoms with Crippen LogP contribution in [-0.2, 0) is 13.2 Å². The Bertz CT molecular complexity index is 1160. The topological polar surface area (TPSA) is 49.7 Å². The third-order valence-electron chi connectivity index (χ3n) is 5.85. The van der Waals surface area contributed by atoms with Crippen LogP contribution in [0.1, 0.15) is 44.5 Å². The van der Waals surface area contributed by atoms with Crippen LogP contribution in [0.15, 0.2) is 91.0 Å². The van der Waals surface area contributed by atoms with Gasteiger partial charge in [0.1, 0.15) is 5.75 Å². The number of benzene rings is 4. The zero-order valence-electron chi connectivity index (χ0n) is 20.3. The average Bonchev–Trinajstić information content (AvgIpc) is 2.94. The molecule has 0 atom stereocenters. The lowest BCUT2D eigenvalue weighted by molar-refractivity contribution is 0.281. The van der Waals surface area contributed by atoms with E-state index in [2.05, 4.69) is 54.7 Å². The molecule has 2 N–H and O–H groups in total. The van der Waals surface area contributed by atoms with Crippen molar-refractivity contribution in [2.75, 3.05) is 7.11 Å². The highest BCUT2D eigenvalue weighted by atomic mass is 16.5. The second-order valence-electron chi connectivity index (χ2n) is 8.51. The van der Waals surface area contributed by atoms with E-state index in [-0.39, 0.29) is 13.2 Å². The summed E-state index contributed by atoms with van der Waals surface area (Å²) in [5.74, 6) is 0.839. The highest BCUT2D eigenvalue weighted by Gasteiger charge is 1.99. The summed E-state index contributed by atoms with van der Waals surface area (Å²) in [6.07, 6.45) is 12.6. The minimum atomic E-state index is 0.0466. The number of methoxy groups -OCH3 is 1. The van der Waals surface area contributed by atoms with Crippen molar-refractivity contribution in [3.63, 3.8) is 0 Å². The van der Waals surface area contributed by atoms with Crippen LogP contribution in [0.5, 0.6) is 5.75 Å². The molecule has 0 aliphatic rings. The molecule has 0 fully saturated rings. The van der Waals surface area contributed by atoms with E-state index in [1.165, 1.54) is 0 Å². The van der Waals surface area contributed by atoms with E-state index in [1.807, 2.05) is 72.8 Å². The van der Waals surface area contributed by atoms with Crippen LogP contribution in [0.25, 0.3) is 36.5 Å². The summed E-state index contributed by atoms with van der Waals surface area (Å²) in [6.45, 7) is 0.0932. The predicted octanol–water partition coefficient (Wildman–Crippen LogP) is 7.19. The predicted molar refractivity (Wildman–Crippen MR) is 151 cm³/mol. The molecular weight excluding hydrogens is 444 g/mol. The van der Waals surface area contributed by atoms with E-state index >= 15 is 0 Å². The fourth-order valence-corrected chi connectivity index (χ4v) is 3.75. The zero-order chi connectivity index (χ0) is 25.2. The number of hydrogen-bond donors (Lipinski definition) is 2. The van der Waals surface area contributed by atoms with Crippen LogP contribution in [0.2, 0.25) is 0 Å². The standard InChI is InChI=1S/C33H30O3/c1-36-33-18-16-27(17-19-33)8-15-32-21-30(13-6-25-2-9-28(23-34)10-3-25)20-31(22-32)14-7-26-4-11-29(24-35)12-5-26/h2-22,34-35H,23-24H2,1H3/b13-6+,14-7+,15-8+. The summed E-state index contributed by atoms with van der Waals surface area (Å²) in [6, 6.07) is 30.2. The lowest BCUT2D eigenvalue weighted by Gasteiger charge is -2.04. The Morgan fingerprint density at radius 2 is 0.778 bits per heavy atom. The largest absolute Gasteiger partial charge is 0.497 e. The molecule has 180 valence electrons. The number of rotatable bonds is 9. The lowest BCUT2D eigenvalue weighted by Crippen LogP contribution is -1.84. The van der Waals surface area contributed by atoms with E-state index in [0.717, 1.165) is 50.3 Å². The Morgan fingerprint density at radius 3 is 1.08 bits per heavy atom. The Labute approximate surface area is 213 Å². The first-order valence-corrected chi connectivity index (χ1v) is 11.9. The molecule has 0 saturated heterocycles. The minimum Gasteiger partial charge on any atom is -0.497 e. The first kappa shape index (κ1) is 24.9. The number of ether oxygens (including phenoxy) is 1. The molecule has 0 aliphatic heterocycles. The van der Waals surface area contributed by atoms with Crippen LogP contribution in [-0.4, -0.2) is 17.3 Å². The average molecular weight is 475 g/mol. The van der Waals surface area contributed by atoms with Crippen molar-refractivity contribution in [1.82, 2.24) is 0 Å². The van der Waals surface area contributed by atoms with Gasteiger partial charge in [-0.2, -0.15) is 0 Å². The molecule has 0 aromatic heterocycles. The molecule has 3 heteroatoms. The van der Waals surface area contributed by atoms with Gasteiger partial charge >= 0.3 is 0 Å². The molecule has 4 rings (SSSR count). The molecule has 0 aliphatic carbocycles. The van der Waals surface area contributed by atoms with Crippen LogP contribution >= 0.6 is 0 Å². The molecule has 0 amide bonds. The Balaban J connectivity index is 1.62. The molecule has 36 heavy (non-hydrogen) atoms. The Kier molecular flexibility index (Phi) is 8.66. The molecule has 0 bridgehead atoms. The Hall–Kier alpha value is -4.18. The van der Waals surface area contributed by atoms with E-state index in [4.69, 9.17) is 4.74 Å². The van der Waals surface area contributed by atoms with E-state index in [9.17, 15) is 10.2 Å². The summed E-state index contributed by atoms with van der Waals surface area (Å²) < 4.78 is 5.25. The summed E-state index contributed by atoms with van der Waals surface area (Å²) >= 11 is 0. The van der Waals surface area contributed by atoms with Crippen LogP contribution < -0.4 is 4.74 Å². The second-order valence-corrected chi connectivity index (χ2v) is 8.51. The summed E-state index contributed by atoms with van der Waals surface area (Å²) in [4.78, 5) is 0. The van der Waals surface area contributed by atoms with Crippen molar-refractivity contribution in [3.05, 3.63) is 136 Å². The molecule has 4 aromatic carbocycles. The maximum Gasteiger partial charge on any atom is 0.118 e. The van der Waals surface area contributed by atoms with E-state index < -0.39 is 0 Å².